The fraction of sp³-hybridized carbons (Fsp3) is 0.571. The third kappa shape index (κ3) is 2.70. The summed E-state index contributed by atoms with van der Waals surface area (Å²) in [5, 5.41) is 9.25. The molecule has 1 aromatic rings. The maximum absolute atomic E-state index is 12.3. The lowest BCUT2D eigenvalue weighted by atomic mass is 9.82. The van der Waals surface area contributed by atoms with E-state index in [0.717, 1.165) is 24.2 Å². The molecule has 2 rings (SSSR count). The van der Waals surface area contributed by atoms with E-state index < -0.39 is 0 Å². The van der Waals surface area contributed by atoms with Crippen LogP contribution in [0.4, 0.5) is 0 Å². The molecule has 4 heteroatoms. The van der Waals surface area contributed by atoms with Gasteiger partial charge in [0.1, 0.15) is 0 Å². The molecule has 1 amide bonds. The molecular formula is C14H20N2O2. The monoisotopic (exact) mass is 248 g/mol. The van der Waals surface area contributed by atoms with Crippen molar-refractivity contribution in [3.8, 4) is 0 Å². The molecule has 1 N–H and O–H groups in total. The van der Waals surface area contributed by atoms with Crippen LogP contribution in [-0.4, -0.2) is 40.6 Å². The third-order valence-corrected chi connectivity index (χ3v) is 3.55. The Kier molecular flexibility index (Phi) is 3.66. The lowest BCUT2D eigenvalue weighted by molar-refractivity contribution is 0.0265. The van der Waals surface area contributed by atoms with Crippen molar-refractivity contribution in [3.63, 3.8) is 0 Å². The number of hydrogen-bond acceptors (Lipinski definition) is 3. The lowest BCUT2D eigenvalue weighted by Gasteiger charge is -2.34. The molecule has 0 bridgehead atoms. The van der Waals surface area contributed by atoms with Crippen LogP contribution in [0.15, 0.2) is 12.1 Å². The highest BCUT2D eigenvalue weighted by Gasteiger charge is 2.29. The van der Waals surface area contributed by atoms with Crippen LogP contribution in [0.3, 0.4) is 0 Å². The van der Waals surface area contributed by atoms with Crippen molar-refractivity contribution in [3.05, 3.63) is 29.1 Å². The van der Waals surface area contributed by atoms with Crippen LogP contribution >= 0.6 is 0 Å². The Morgan fingerprint density at radius 3 is 2.67 bits per heavy atom. The van der Waals surface area contributed by atoms with Crippen molar-refractivity contribution in [2.75, 3.05) is 13.6 Å². The van der Waals surface area contributed by atoms with Crippen molar-refractivity contribution in [1.82, 2.24) is 9.88 Å². The molecule has 0 unspecified atom stereocenters. The normalized spacial score (nSPS) is 22.4. The smallest absolute Gasteiger partial charge is 0.255 e. The minimum Gasteiger partial charge on any atom is -0.393 e. The molecular weight excluding hydrogens is 228 g/mol. The Bertz CT molecular complexity index is 453. The van der Waals surface area contributed by atoms with Gasteiger partial charge in [0.05, 0.1) is 17.4 Å². The van der Waals surface area contributed by atoms with E-state index in [4.69, 9.17) is 0 Å². The number of aliphatic hydroxyl groups excluding tert-OH is 1. The highest BCUT2D eigenvalue weighted by molar-refractivity contribution is 5.95. The Balaban J connectivity index is 2.01. The number of nitrogens with zero attached hydrogens (tertiary/aromatic N) is 2. The Morgan fingerprint density at radius 1 is 1.44 bits per heavy atom. The summed E-state index contributed by atoms with van der Waals surface area (Å²) in [5.41, 5.74) is 2.37. The van der Waals surface area contributed by atoms with Crippen LogP contribution in [0.1, 0.15) is 34.6 Å². The fourth-order valence-corrected chi connectivity index (χ4v) is 2.44. The van der Waals surface area contributed by atoms with Crippen LogP contribution < -0.4 is 0 Å². The summed E-state index contributed by atoms with van der Waals surface area (Å²) < 4.78 is 0. The summed E-state index contributed by atoms with van der Waals surface area (Å²) in [5.74, 6) is 0.453. The first-order valence-electron chi connectivity index (χ1n) is 6.35. The van der Waals surface area contributed by atoms with Crippen LogP contribution in [0.5, 0.6) is 0 Å². The minimum atomic E-state index is -0.165. The predicted molar refractivity (Wildman–Crippen MR) is 69.4 cm³/mol. The van der Waals surface area contributed by atoms with Gasteiger partial charge >= 0.3 is 0 Å². The molecule has 1 aliphatic rings. The Labute approximate surface area is 108 Å². The molecule has 4 nitrogen and oxygen atoms in total. The first-order chi connectivity index (χ1) is 8.47. The number of amides is 1. The van der Waals surface area contributed by atoms with Gasteiger partial charge in [0.2, 0.25) is 0 Å². The Hall–Kier alpha value is -1.42. The number of pyridine rings is 1. The standard InChI is InChI=1S/C14H20N2O2/c1-9-4-5-13(10(2)15-9)14(18)16(3)8-11-6-12(17)7-11/h4-5,11-12,17H,6-8H2,1-3H3. The molecule has 1 aliphatic carbocycles. The number of aliphatic hydroxyl groups is 1. The van der Waals surface area contributed by atoms with Gasteiger partial charge in [-0.3, -0.25) is 9.78 Å². The summed E-state index contributed by atoms with van der Waals surface area (Å²) >= 11 is 0. The van der Waals surface area contributed by atoms with Crippen molar-refractivity contribution in [2.45, 2.75) is 32.8 Å². The average molecular weight is 248 g/mol. The number of hydrogen-bond donors (Lipinski definition) is 1. The van der Waals surface area contributed by atoms with Gasteiger partial charge in [0.25, 0.3) is 5.91 Å². The summed E-state index contributed by atoms with van der Waals surface area (Å²) in [6, 6.07) is 3.70. The van der Waals surface area contributed by atoms with E-state index >= 15 is 0 Å². The zero-order chi connectivity index (χ0) is 13.3. The summed E-state index contributed by atoms with van der Waals surface area (Å²) in [7, 11) is 1.81. The second kappa shape index (κ2) is 5.06. The van der Waals surface area contributed by atoms with Crippen LogP contribution in [-0.2, 0) is 0 Å². The quantitative estimate of drug-likeness (QED) is 0.882. The van der Waals surface area contributed by atoms with E-state index in [1.54, 1.807) is 4.90 Å². The first-order valence-corrected chi connectivity index (χ1v) is 6.35. The molecule has 0 atom stereocenters. The molecule has 18 heavy (non-hydrogen) atoms. The zero-order valence-corrected chi connectivity index (χ0v) is 11.2. The molecule has 0 aliphatic heterocycles. The zero-order valence-electron chi connectivity index (χ0n) is 11.2. The van der Waals surface area contributed by atoms with E-state index in [9.17, 15) is 9.90 Å². The van der Waals surface area contributed by atoms with E-state index in [-0.39, 0.29) is 12.0 Å². The van der Waals surface area contributed by atoms with E-state index in [1.165, 1.54) is 0 Å². The van der Waals surface area contributed by atoms with E-state index in [2.05, 4.69) is 4.98 Å². The highest BCUT2D eigenvalue weighted by Crippen LogP contribution is 2.28. The highest BCUT2D eigenvalue weighted by atomic mass is 16.3. The van der Waals surface area contributed by atoms with Gasteiger partial charge in [-0.1, -0.05) is 0 Å². The molecule has 0 saturated heterocycles. The average Bonchev–Trinajstić information content (AvgIpc) is 2.26. The molecule has 98 valence electrons. The van der Waals surface area contributed by atoms with E-state index in [1.807, 2.05) is 33.0 Å². The maximum atomic E-state index is 12.3. The second-order valence-corrected chi connectivity index (χ2v) is 5.26. The third-order valence-electron chi connectivity index (χ3n) is 3.55. The number of aryl methyl sites for hydroxylation is 2. The van der Waals surface area contributed by atoms with Crippen LogP contribution in [0, 0.1) is 19.8 Å². The minimum absolute atomic E-state index is 0.0152. The Morgan fingerprint density at radius 2 is 2.11 bits per heavy atom. The molecule has 0 spiro atoms. The van der Waals surface area contributed by atoms with Crippen molar-refractivity contribution in [2.24, 2.45) is 5.92 Å². The van der Waals surface area contributed by atoms with Gasteiger partial charge < -0.3 is 10.0 Å². The topological polar surface area (TPSA) is 53.4 Å². The second-order valence-electron chi connectivity index (χ2n) is 5.26. The van der Waals surface area contributed by atoms with Crippen molar-refractivity contribution in [1.29, 1.82) is 0 Å². The van der Waals surface area contributed by atoms with Gasteiger partial charge in [0, 0.05) is 19.3 Å². The number of carbonyl (C=O) groups is 1. The largest absolute Gasteiger partial charge is 0.393 e. The SMILES string of the molecule is Cc1ccc(C(=O)N(C)CC2CC(O)C2)c(C)n1. The van der Waals surface area contributed by atoms with Crippen LogP contribution in [0.2, 0.25) is 0 Å². The van der Waals surface area contributed by atoms with Crippen molar-refractivity contribution >= 4 is 5.91 Å². The number of aromatic nitrogens is 1. The molecule has 1 fully saturated rings. The molecule has 1 saturated carbocycles. The molecule has 0 radical (unpaired) electrons. The van der Waals surface area contributed by atoms with Gasteiger partial charge in [-0.2, -0.15) is 0 Å². The molecule has 1 aromatic heterocycles. The number of rotatable bonds is 3. The molecule has 1 heterocycles. The fourth-order valence-electron chi connectivity index (χ4n) is 2.44. The van der Waals surface area contributed by atoms with Crippen LogP contribution in [0.25, 0.3) is 0 Å². The summed E-state index contributed by atoms with van der Waals surface area (Å²) in [4.78, 5) is 18.3. The number of carbonyl (C=O) groups excluding carboxylic acids is 1. The van der Waals surface area contributed by atoms with E-state index in [0.29, 0.717) is 18.0 Å². The lowest BCUT2D eigenvalue weighted by Crippen LogP contribution is -2.39. The first kappa shape index (κ1) is 13.0. The van der Waals surface area contributed by atoms with Gasteiger partial charge in [-0.05, 0) is 44.7 Å². The summed E-state index contributed by atoms with van der Waals surface area (Å²) in [6.45, 7) is 4.49. The van der Waals surface area contributed by atoms with Gasteiger partial charge in [-0.25, -0.2) is 0 Å². The van der Waals surface area contributed by atoms with Gasteiger partial charge in [-0.15, -0.1) is 0 Å². The van der Waals surface area contributed by atoms with Gasteiger partial charge in [0.15, 0.2) is 0 Å². The van der Waals surface area contributed by atoms with Crippen molar-refractivity contribution < 1.29 is 9.90 Å². The predicted octanol–water partition coefficient (Wildman–Crippen LogP) is 1.54. The molecule has 0 aromatic carbocycles. The maximum Gasteiger partial charge on any atom is 0.255 e. The summed E-state index contributed by atoms with van der Waals surface area (Å²) in [6.07, 6.45) is 1.45.